The molecule has 202 valence electrons. The summed E-state index contributed by atoms with van der Waals surface area (Å²) in [5.74, 6) is -2.09. The van der Waals surface area contributed by atoms with Gasteiger partial charge in [0.25, 0.3) is 0 Å². The topological polar surface area (TPSA) is 137 Å². The normalized spacial score (nSPS) is 24.4. The Hall–Kier alpha value is -3.41. The van der Waals surface area contributed by atoms with Crippen molar-refractivity contribution in [3.05, 3.63) is 35.4 Å². The van der Waals surface area contributed by atoms with Crippen molar-refractivity contribution in [2.75, 3.05) is 0 Å². The van der Waals surface area contributed by atoms with Gasteiger partial charge in [-0.2, -0.15) is 5.26 Å². The van der Waals surface area contributed by atoms with Gasteiger partial charge in [-0.15, -0.1) is 0 Å². The minimum atomic E-state index is -1.02. The molecule has 2 rings (SSSR count). The summed E-state index contributed by atoms with van der Waals surface area (Å²) in [4.78, 5) is 52.4. The molecular formula is C28H40N4O5. The number of nitrogens with zero attached hydrogens (tertiary/aromatic N) is 1. The van der Waals surface area contributed by atoms with E-state index in [9.17, 15) is 24.4 Å². The van der Waals surface area contributed by atoms with Gasteiger partial charge in [0, 0.05) is 6.42 Å². The Kier molecular flexibility index (Phi) is 11.6. The Labute approximate surface area is 219 Å². The fourth-order valence-corrected chi connectivity index (χ4v) is 4.34. The summed E-state index contributed by atoms with van der Waals surface area (Å²) in [6, 6.07) is 6.08. The lowest BCUT2D eigenvalue weighted by Gasteiger charge is -2.27. The molecule has 3 N–H and O–H groups in total. The van der Waals surface area contributed by atoms with Crippen molar-refractivity contribution in [3.8, 4) is 6.07 Å². The first-order valence-electron chi connectivity index (χ1n) is 13.1. The molecule has 1 aromatic rings. The summed E-state index contributed by atoms with van der Waals surface area (Å²) < 4.78 is 5.84. The van der Waals surface area contributed by atoms with Gasteiger partial charge in [0.2, 0.25) is 17.7 Å². The minimum absolute atomic E-state index is 0.0709. The summed E-state index contributed by atoms with van der Waals surface area (Å²) in [7, 11) is 0. The van der Waals surface area contributed by atoms with Crippen molar-refractivity contribution in [2.45, 2.75) is 97.4 Å². The Morgan fingerprint density at radius 2 is 1.73 bits per heavy atom. The zero-order valence-corrected chi connectivity index (χ0v) is 22.5. The lowest BCUT2D eigenvalue weighted by atomic mass is 9.94. The smallest absolute Gasteiger partial charge is 0.328 e. The first-order valence-corrected chi connectivity index (χ1v) is 13.1. The molecule has 1 aliphatic heterocycles. The molecule has 0 spiro atoms. The minimum Gasteiger partial charge on any atom is -0.460 e. The lowest BCUT2D eigenvalue weighted by Crippen LogP contribution is -2.55. The van der Waals surface area contributed by atoms with Gasteiger partial charge in [-0.3, -0.25) is 14.4 Å². The van der Waals surface area contributed by atoms with Crippen molar-refractivity contribution < 1.29 is 23.9 Å². The lowest BCUT2D eigenvalue weighted by molar-refractivity contribution is -0.157. The Morgan fingerprint density at radius 3 is 2.38 bits per heavy atom. The van der Waals surface area contributed by atoms with Crippen LogP contribution in [-0.2, 0) is 30.3 Å². The molecule has 1 aliphatic rings. The molecule has 0 radical (unpaired) electrons. The van der Waals surface area contributed by atoms with Gasteiger partial charge < -0.3 is 20.7 Å². The summed E-state index contributed by atoms with van der Waals surface area (Å²) in [6.45, 7) is 9.38. The number of ether oxygens (including phenoxy) is 1. The van der Waals surface area contributed by atoms with E-state index >= 15 is 0 Å². The molecule has 0 aromatic heterocycles. The zero-order valence-electron chi connectivity index (χ0n) is 22.5. The van der Waals surface area contributed by atoms with Crippen molar-refractivity contribution in [1.82, 2.24) is 16.0 Å². The maximum Gasteiger partial charge on any atom is 0.328 e. The number of nitrogens with one attached hydrogen (secondary N) is 3. The van der Waals surface area contributed by atoms with Crippen LogP contribution < -0.4 is 16.0 Å². The second-order valence-electron chi connectivity index (χ2n) is 10.3. The van der Waals surface area contributed by atoms with E-state index in [0.29, 0.717) is 17.5 Å². The SMILES string of the molecule is CCCC[C@H](C)[C@H]1CC(=O)N[C@H](Cc2ccccc2C#N)C(=O)N[C@@H](C)C(=O)N[C@H](CC(C)C)C(=O)O1. The van der Waals surface area contributed by atoms with Crippen LogP contribution in [0.5, 0.6) is 0 Å². The summed E-state index contributed by atoms with van der Waals surface area (Å²) >= 11 is 0. The van der Waals surface area contributed by atoms with Gasteiger partial charge >= 0.3 is 5.97 Å². The van der Waals surface area contributed by atoms with Gasteiger partial charge in [0.15, 0.2) is 0 Å². The fraction of sp³-hybridized carbons (Fsp3) is 0.607. The van der Waals surface area contributed by atoms with Crippen molar-refractivity contribution in [1.29, 1.82) is 5.26 Å². The van der Waals surface area contributed by atoms with Crippen molar-refractivity contribution in [3.63, 3.8) is 0 Å². The number of carbonyl (C=O) groups excluding carboxylic acids is 4. The summed E-state index contributed by atoms with van der Waals surface area (Å²) in [5.41, 5.74) is 0.998. The van der Waals surface area contributed by atoms with E-state index in [-0.39, 0.29) is 24.7 Å². The molecule has 5 atom stereocenters. The first-order chi connectivity index (χ1) is 17.5. The van der Waals surface area contributed by atoms with Crippen LogP contribution in [0.15, 0.2) is 24.3 Å². The molecule has 0 bridgehead atoms. The molecule has 3 amide bonds. The molecule has 1 aromatic carbocycles. The van der Waals surface area contributed by atoms with Crippen LogP contribution in [0, 0.1) is 23.2 Å². The number of unbranched alkanes of at least 4 members (excludes halogenated alkanes) is 1. The van der Waals surface area contributed by atoms with E-state index in [1.807, 2.05) is 20.8 Å². The Morgan fingerprint density at radius 1 is 1.03 bits per heavy atom. The fourth-order valence-electron chi connectivity index (χ4n) is 4.34. The molecule has 0 unspecified atom stereocenters. The second-order valence-corrected chi connectivity index (χ2v) is 10.3. The van der Waals surface area contributed by atoms with Crippen LogP contribution in [0.2, 0.25) is 0 Å². The third-order valence-electron chi connectivity index (χ3n) is 6.58. The highest BCUT2D eigenvalue weighted by Gasteiger charge is 2.34. The third-order valence-corrected chi connectivity index (χ3v) is 6.58. The molecule has 9 nitrogen and oxygen atoms in total. The van der Waals surface area contributed by atoms with Gasteiger partial charge in [-0.1, -0.05) is 58.7 Å². The maximum atomic E-state index is 13.2. The number of hydrogen-bond acceptors (Lipinski definition) is 6. The van der Waals surface area contributed by atoms with Crippen LogP contribution >= 0.6 is 0 Å². The highest BCUT2D eigenvalue weighted by atomic mass is 16.5. The highest BCUT2D eigenvalue weighted by Crippen LogP contribution is 2.21. The molecular weight excluding hydrogens is 472 g/mol. The monoisotopic (exact) mass is 512 g/mol. The van der Waals surface area contributed by atoms with E-state index in [2.05, 4.69) is 28.9 Å². The molecule has 1 heterocycles. The average molecular weight is 513 g/mol. The quantitative estimate of drug-likeness (QED) is 0.458. The van der Waals surface area contributed by atoms with Crippen LogP contribution in [0.3, 0.4) is 0 Å². The third kappa shape index (κ3) is 9.19. The van der Waals surface area contributed by atoms with Gasteiger partial charge in [0.05, 0.1) is 18.1 Å². The highest BCUT2D eigenvalue weighted by molar-refractivity contribution is 5.94. The number of rotatable bonds is 8. The number of carbonyl (C=O) groups is 4. The molecule has 0 saturated carbocycles. The molecule has 1 fully saturated rings. The van der Waals surface area contributed by atoms with Gasteiger partial charge in [-0.05, 0) is 43.2 Å². The standard InChI is InChI=1S/C28H40N4O5/c1-6-7-10-18(4)24-15-25(33)31-22(14-20-11-8-9-12-21(20)16-29)27(35)30-19(5)26(34)32-23(13-17(2)3)28(36)37-24/h8-9,11-12,17-19,22-24H,6-7,10,13-15H2,1-5H3,(H,30,35)(H,31,33)(H,32,34)/t18-,19-,22+,23+,24+/m0/s1. The van der Waals surface area contributed by atoms with Crippen LogP contribution in [0.25, 0.3) is 0 Å². The second kappa shape index (κ2) is 14.4. The van der Waals surface area contributed by atoms with E-state index in [4.69, 9.17) is 4.74 Å². The molecule has 37 heavy (non-hydrogen) atoms. The van der Waals surface area contributed by atoms with E-state index in [0.717, 1.165) is 19.3 Å². The van der Waals surface area contributed by atoms with E-state index in [1.165, 1.54) is 6.92 Å². The van der Waals surface area contributed by atoms with Crippen molar-refractivity contribution >= 4 is 23.7 Å². The van der Waals surface area contributed by atoms with Crippen LogP contribution in [-0.4, -0.2) is 47.9 Å². The Balaban J connectivity index is 2.41. The van der Waals surface area contributed by atoms with Crippen LogP contribution in [0.4, 0.5) is 0 Å². The number of cyclic esters (lactones) is 1. The largest absolute Gasteiger partial charge is 0.460 e. The predicted octanol–water partition coefficient (Wildman–Crippen LogP) is 2.76. The molecule has 9 heteroatoms. The number of esters is 1. The van der Waals surface area contributed by atoms with Crippen LogP contribution in [0.1, 0.15) is 77.8 Å². The number of hydrogen-bond donors (Lipinski definition) is 3. The zero-order chi connectivity index (χ0) is 27.5. The number of benzene rings is 1. The summed E-state index contributed by atoms with van der Waals surface area (Å²) in [6.07, 6.45) is 2.25. The van der Waals surface area contributed by atoms with E-state index in [1.54, 1.807) is 24.3 Å². The molecule has 1 saturated heterocycles. The maximum absolute atomic E-state index is 13.2. The summed E-state index contributed by atoms with van der Waals surface area (Å²) in [5, 5.41) is 17.6. The number of nitriles is 1. The first kappa shape index (κ1) is 29.8. The van der Waals surface area contributed by atoms with Gasteiger partial charge in [0.1, 0.15) is 24.2 Å². The molecule has 0 aliphatic carbocycles. The Bertz CT molecular complexity index is 1000. The van der Waals surface area contributed by atoms with Crippen molar-refractivity contribution in [2.24, 2.45) is 11.8 Å². The predicted molar refractivity (Wildman–Crippen MR) is 139 cm³/mol. The van der Waals surface area contributed by atoms with Gasteiger partial charge in [-0.25, -0.2) is 4.79 Å². The van der Waals surface area contributed by atoms with E-state index < -0.39 is 47.9 Å². The average Bonchev–Trinajstić information content (AvgIpc) is 2.85. The number of amides is 3.